The number of hydrogen-bond acceptors (Lipinski definition) is 3. The first kappa shape index (κ1) is 12.6. The van der Waals surface area contributed by atoms with Crippen LogP contribution >= 0.6 is 0 Å². The smallest absolute Gasteiger partial charge is 0.258 e. The number of non-ortho nitro benzene ring substituents is 1. The maximum absolute atomic E-state index is 10.6. The molecular weight excluding hydrogens is 244 g/mol. The van der Waals surface area contributed by atoms with Gasteiger partial charge >= 0.3 is 0 Å². The summed E-state index contributed by atoms with van der Waals surface area (Å²) in [7, 11) is 0. The van der Waals surface area contributed by atoms with Gasteiger partial charge in [-0.3, -0.25) is 10.1 Å². The van der Waals surface area contributed by atoms with Crippen molar-refractivity contribution >= 4 is 5.69 Å². The SMILES string of the molecule is [N-]=[N+]=NC(c1ccccc1)c1ccc([N+](=O)[O-])cc1. The predicted molar refractivity (Wildman–Crippen MR) is 70.5 cm³/mol. The second-order valence-corrected chi connectivity index (χ2v) is 3.87. The lowest BCUT2D eigenvalue weighted by Gasteiger charge is -2.11. The Morgan fingerprint density at radius 2 is 1.63 bits per heavy atom. The van der Waals surface area contributed by atoms with Crippen LogP contribution in [-0.2, 0) is 0 Å². The highest BCUT2D eigenvalue weighted by atomic mass is 16.6. The number of nitrogens with zero attached hydrogens (tertiary/aromatic N) is 4. The maximum atomic E-state index is 10.6. The van der Waals surface area contributed by atoms with Crippen molar-refractivity contribution in [3.05, 3.63) is 86.3 Å². The van der Waals surface area contributed by atoms with Gasteiger partial charge in [-0.1, -0.05) is 47.6 Å². The monoisotopic (exact) mass is 254 g/mol. The molecule has 0 aromatic heterocycles. The first-order valence-electron chi connectivity index (χ1n) is 5.56. The Hall–Kier alpha value is -2.85. The van der Waals surface area contributed by atoms with Crippen molar-refractivity contribution in [2.24, 2.45) is 5.11 Å². The van der Waals surface area contributed by atoms with Gasteiger partial charge in [-0.25, -0.2) is 0 Å². The zero-order valence-electron chi connectivity index (χ0n) is 9.88. The zero-order chi connectivity index (χ0) is 13.7. The number of nitro groups is 1. The van der Waals surface area contributed by atoms with Crippen LogP contribution in [0.2, 0.25) is 0 Å². The van der Waals surface area contributed by atoms with Crippen LogP contribution in [0.5, 0.6) is 0 Å². The van der Waals surface area contributed by atoms with E-state index in [1.165, 1.54) is 12.1 Å². The Morgan fingerprint density at radius 3 is 2.16 bits per heavy atom. The molecule has 1 atom stereocenters. The second kappa shape index (κ2) is 5.66. The summed E-state index contributed by atoms with van der Waals surface area (Å²) in [6, 6.07) is 14.8. The van der Waals surface area contributed by atoms with Crippen LogP contribution in [0, 0.1) is 10.1 Å². The van der Waals surface area contributed by atoms with E-state index < -0.39 is 11.0 Å². The molecule has 6 nitrogen and oxygen atoms in total. The van der Waals surface area contributed by atoms with Crippen molar-refractivity contribution in [1.82, 2.24) is 0 Å². The molecule has 2 aromatic rings. The van der Waals surface area contributed by atoms with Crippen LogP contribution in [0.25, 0.3) is 10.4 Å². The topological polar surface area (TPSA) is 91.9 Å². The Balaban J connectivity index is 2.40. The van der Waals surface area contributed by atoms with E-state index in [1.54, 1.807) is 12.1 Å². The van der Waals surface area contributed by atoms with Gasteiger partial charge in [-0.15, -0.1) is 0 Å². The summed E-state index contributed by atoms with van der Waals surface area (Å²) in [5, 5.41) is 14.4. The van der Waals surface area contributed by atoms with Crippen LogP contribution in [0.3, 0.4) is 0 Å². The second-order valence-electron chi connectivity index (χ2n) is 3.87. The van der Waals surface area contributed by atoms with E-state index in [-0.39, 0.29) is 5.69 Å². The van der Waals surface area contributed by atoms with Gasteiger partial charge in [0.15, 0.2) is 0 Å². The van der Waals surface area contributed by atoms with Gasteiger partial charge in [-0.2, -0.15) is 0 Å². The Kier molecular flexibility index (Phi) is 3.75. The van der Waals surface area contributed by atoms with Crippen LogP contribution in [0.15, 0.2) is 59.7 Å². The minimum Gasteiger partial charge on any atom is -0.258 e. The molecule has 6 heteroatoms. The summed E-state index contributed by atoms with van der Waals surface area (Å²) in [5.74, 6) is 0. The van der Waals surface area contributed by atoms with Crippen molar-refractivity contribution in [3.63, 3.8) is 0 Å². The minimum atomic E-state index is -0.480. The fraction of sp³-hybridized carbons (Fsp3) is 0.0769. The average Bonchev–Trinajstić information content (AvgIpc) is 2.46. The molecule has 0 bridgehead atoms. The van der Waals surface area contributed by atoms with Crippen molar-refractivity contribution in [3.8, 4) is 0 Å². The summed E-state index contributed by atoms with van der Waals surface area (Å²) in [6.07, 6.45) is 0. The first-order valence-corrected chi connectivity index (χ1v) is 5.56. The summed E-state index contributed by atoms with van der Waals surface area (Å²) in [6.45, 7) is 0. The molecule has 0 fully saturated rings. The lowest BCUT2D eigenvalue weighted by molar-refractivity contribution is -0.384. The molecule has 0 amide bonds. The highest BCUT2D eigenvalue weighted by Gasteiger charge is 2.13. The largest absolute Gasteiger partial charge is 0.269 e. The summed E-state index contributed by atoms with van der Waals surface area (Å²) >= 11 is 0. The van der Waals surface area contributed by atoms with E-state index in [1.807, 2.05) is 30.3 Å². The number of rotatable bonds is 4. The van der Waals surface area contributed by atoms with Gasteiger partial charge in [0.2, 0.25) is 0 Å². The Labute approximate surface area is 109 Å². The van der Waals surface area contributed by atoms with Crippen LogP contribution in [0.1, 0.15) is 17.2 Å². The molecular formula is C13H10N4O2. The van der Waals surface area contributed by atoms with Crippen molar-refractivity contribution in [2.75, 3.05) is 0 Å². The molecule has 0 spiro atoms. The van der Waals surface area contributed by atoms with Gasteiger partial charge < -0.3 is 0 Å². The molecule has 0 aliphatic carbocycles. The molecule has 0 N–H and O–H groups in total. The highest BCUT2D eigenvalue weighted by Crippen LogP contribution is 2.27. The molecule has 2 rings (SSSR count). The predicted octanol–water partition coefficient (Wildman–Crippen LogP) is 3.99. The zero-order valence-corrected chi connectivity index (χ0v) is 9.88. The average molecular weight is 254 g/mol. The van der Waals surface area contributed by atoms with Gasteiger partial charge in [-0.05, 0) is 16.7 Å². The highest BCUT2D eigenvalue weighted by molar-refractivity contribution is 5.38. The van der Waals surface area contributed by atoms with Crippen molar-refractivity contribution < 1.29 is 4.92 Å². The minimum absolute atomic E-state index is 0.0106. The first-order chi connectivity index (χ1) is 9.22. The van der Waals surface area contributed by atoms with Gasteiger partial charge in [0.25, 0.3) is 5.69 Å². The molecule has 0 aliphatic rings. The van der Waals surface area contributed by atoms with Gasteiger partial charge in [0.05, 0.1) is 11.0 Å². The molecule has 0 aliphatic heterocycles. The Morgan fingerprint density at radius 1 is 1.05 bits per heavy atom. The molecule has 1 unspecified atom stereocenters. The van der Waals surface area contributed by atoms with E-state index in [2.05, 4.69) is 10.0 Å². The van der Waals surface area contributed by atoms with E-state index >= 15 is 0 Å². The van der Waals surface area contributed by atoms with Gasteiger partial charge in [0.1, 0.15) is 0 Å². The Bertz CT molecular complexity index is 619. The third kappa shape index (κ3) is 2.88. The van der Waals surface area contributed by atoms with Crippen molar-refractivity contribution in [1.29, 1.82) is 0 Å². The molecule has 0 heterocycles. The van der Waals surface area contributed by atoms with Gasteiger partial charge in [0, 0.05) is 17.0 Å². The normalized spacial score (nSPS) is 11.4. The molecule has 0 saturated heterocycles. The quantitative estimate of drug-likeness (QED) is 0.271. The molecule has 94 valence electrons. The number of nitro benzene ring substituents is 1. The molecule has 2 aromatic carbocycles. The van der Waals surface area contributed by atoms with Crippen LogP contribution in [-0.4, -0.2) is 4.92 Å². The fourth-order valence-corrected chi connectivity index (χ4v) is 1.79. The van der Waals surface area contributed by atoms with E-state index in [9.17, 15) is 10.1 Å². The standard InChI is InChI=1S/C13H10N4O2/c14-16-15-13(10-4-2-1-3-5-10)11-6-8-12(9-7-11)17(18)19/h1-9,13H. The molecule has 19 heavy (non-hydrogen) atoms. The molecule has 0 radical (unpaired) electrons. The fourth-order valence-electron chi connectivity index (χ4n) is 1.79. The maximum Gasteiger partial charge on any atom is 0.269 e. The summed E-state index contributed by atoms with van der Waals surface area (Å²) in [4.78, 5) is 13.0. The van der Waals surface area contributed by atoms with Crippen LogP contribution < -0.4 is 0 Å². The lowest BCUT2D eigenvalue weighted by Crippen LogP contribution is -1.97. The lowest BCUT2D eigenvalue weighted by atomic mass is 9.99. The number of benzene rings is 2. The summed E-state index contributed by atoms with van der Waals surface area (Å²) in [5.41, 5.74) is 10.2. The summed E-state index contributed by atoms with van der Waals surface area (Å²) < 4.78 is 0. The third-order valence-electron chi connectivity index (χ3n) is 2.70. The number of hydrogen-bond donors (Lipinski definition) is 0. The van der Waals surface area contributed by atoms with E-state index in [4.69, 9.17) is 5.53 Å². The van der Waals surface area contributed by atoms with Crippen molar-refractivity contribution in [2.45, 2.75) is 6.04 Å². The number of azide groups is 1. The van der Waals surface area contributed by atoms with Crippen LogP contribution in [0.4, 0.5) is 5.69 Å². The third-order valence-corrected chi connectivity index (χ3v) is 2.70. The van der Waals surface area contributed by atoms with E-state index in [0.29, 0.717) is 0 Å². The molecule has 0 saturated carbocycles. The van der Waals surface area contributed by atoms with E-state index in [0.717, 1.165) is 11.1 Å².